The summed E-state index contributed by atoms with van der Waals surface area (Å²) in [5.41, 5.74) is 8.17. The highest BCUT2D eigenvalue weighted by Crippen LogP contribution is 2.28. The minimum absolute atomic E-state index is 0.0235. The Kier molecular flexibility index (Phi) is 4.85. The fourth-order valence-corrected chi connectivity index (χ4v) is 2.55. The van der Waals surface area contributed by atoms with E-state index in [1.807, 2.05) is 31.2 Å². The van der Waals surface area contributed by atoms with Crippen molar-refractivity contribution in [2.45, 2.75) is 13.5 Å². The molecule has 3 N–H and O–H groups in total. The van der Waals surface area contributed by atoms with Crippen molar-refractivity contribution in [2.75, 3.05) is 7.11 Å². The molecule has 110 valence electrons. The summed E-state index contributed by atoms with van der Waals surface area (Å²) in [6.45, 7) is 2.36. The number of nitrogen functional groups attached to an aromatic ring is 1. The largest absolute Gasteiger partial charge is 0.496 e. The van der Waals surface area contributed by atoms with Gasteiger partial charge in [0.15, 0.2) is 0 Å². The van der Waals surface area contributed by atoms with E-state index in [1.165, 1.54) is 0 Å². The number of hydrogen-bond acceptors (Lipinski definition) is 3. The van der Waals surface area contributed by atoms with E-state index in [0.29, 0.717) is 17.9 Å². The highest BCUT2D eigenvalue weighted by molar-refractivity contribution is 9.10. The lowest BCUT2D eigenvalue weighted by Crippen LogP contribution is -2.12. The van der Waals surface area contributed by atoms with E-state index in [0.717, 1.165) is 21.3 Å². The lowest BCUT2D eigenvalue weighted by molar-refractivity contribution is 0.295. The number of rotatable bonds is 5. The van der Waals surface area contributed by atoms with Gasteiger partial charge in [-0.3, -0.25) is 5.41 Å². The van der Waals surface area contributed by atoms with Crippen LogP contribution >= 0.6 is 15.9 Å². The summed E-state index contributed by atoms with van der Waals surface area (Å²) < 4.78 is 12.0. The van der Waals surface area contributed by atoms with E-state index >= 15 is 0 Å². The summed E-state index contributed by atoms with van der Waals surface area (Å²) >= 11 is 3.48. The summed E-state index contributed by atoms with van der Waals surface area (Å²) in [5.74, 6) is 1.49. The van der Waals surface area contributed by atoms with Crippen LogP contribution in [0.2, 0.25) is 0 Å². The maximum absolute atomic E-state index is 7.50. The van der Waals surface area contributed by atoms with Gasteiger partial charge in [-0.2, -0.15) is 0 Å². The fraction of sp³-hybridized carbons (Fsp3) is 0.188. The highest BCUT2D eigenvalue weighted by Gasteiger charge is 2.08. The van der Waals surface area contributed by atoms with Gasteiger partial charge in [-0.05, 0) is 58.7 Å². The van der Waals surface area contributed by atoms with Gasteiger partial charge in [-0.1, -0.05) is 6.07 Å². The number of halogens is 1. The Morgan fingerprint density at radius 2 is 1.90 bits per heavy atom. The second kappa shape index (κ2) is 6.63. The molecule has 0 aliphatic rings. The molecule has 4 nitrogen and oxygen atoms in total. The predicted molar refractivity (Wildman–Crippen MR) is 87.2 cm³/mol. The molecule has 0 radical (unpaired) electrons. The first-order valence-electron chi connectivity index (χ1n) is 6.41. The van der Waals surface area contributed by atoms with Crippen LogP contribution in [0.15, 0.2) is 40.9 Å². The van der Waals surface area contributed by atoms with Gasteiger partial charge in [0.2, 0.25) is 0 Å². The van der Waals surface area contributed by atoms with Crippen LogP contribution in [-0.2, 0) is 6.61 Å². The maximum atomic E-state index is 7.50. The van der Waals surface area contributed by atoms with Gasteiger partial charge in [0.05, 0.1) is 11.6 Å². The monoisotopic (exact) mass is 348 g/mol. The molecule has 0 bridgehead atoms. The lowest BCUT2D eigenvalue weighted by atomic mass is 10.1. The van der Waals surface area contributed by atoms with Crippen LogP contribution in [0.5, 0.6) is 11.5 Å². The zero-order valence-electron chi connectivity index (χ0n) is 11.9. The van der Waals surface area contributed by atoms with Crippen molar-refractivity contribution < 1.29 is 9.47 Å². The first kappa shape index (κ1) is 15.4. The van der Waals surface area contributed by atoms with E-state index < -0.39 is 0 Å². The predicted octanol–water partition coefficient (Wildman–Crippen LogP) is 3.63. The Balaban J connectivity index is 2.22. The van der Waals surface area contributed by atoms with Gasteiger partial charge in [0.25, 0.3) is 0 Å². The third-order valence-corrected chi connectivity index (χ3v) is 3.68. The smallest absolute Gasteiger partial charge is 0.134 e. The van der Waals surface area contributed by atoms with E-state index in [1.54, 1.807) is 19.2 Å². The molecule has 0 spiro atoms. The lowest BCUT2D eigenvalue weighted by Gasteiger charge is -2.13. The van der Waals surface area contributed by atoms with Crippen LogP contribution in [0.25, 0.3) is 0 Å². The zero-order chi connectivity index (χ0) is 15.4. The van der Waals surface area contributed by atoms with Crippen molar-refractivity contribution in [1.29, 1.82) is 5.41 Å². The summed E-state index contributed by atoms with van der Waals surface area (Å²) in [7, 11) is 1.61. The fourth-order valence-electron chi connectivity index (χ4n) is 1.94. The second-order valence-corrected chi connectivity index (χ2v) is 5.52. The van der Waals surface area contributed by atoms with Gasteiger partial charge in [-0.15, -0.1) is 0 Å². The van der Waals surface area contributed by atoms with Crippen molar-refractivity contribution in [3.63, 3.8) is 0 Å². The van der Waals surface area contributed by atoms with Crippen molar-refractivity contribution in [3.8, 4) is 11.5 Å². The first-order chi connectivity index (χ1) is 10.0. The molecule has 21 heavy (non-hydrogen) atoms. The van der Waals surface area contributed by atoms with E-state index in [4.69, 9.17) is 20.6 Å². The molecule has 0 atom stereocenters. The number of ether oxygens (including phenoxy) is 2. The molecule has 0 aliphatic carbocycles. The van der Waals surface area contributed by atoms with Gasteiger partial charge < -0.3 is 15.2 Å². The third kappa shape index (κ3) is 3.76. The Labute approximate surface area is 132 Å². The van der Waals surface area contributed by atoms with Crippen LogP contribution < -0.4 is 15.2 Å². The SMILES string of the molecule is COc1ccc(C(=N)N)cc1COc1ccc(C)cc1Br. The summed E-state index contributed by atoms with van der Waals surface area (Å²) in [6.07, 6.45) is 0. The van der Waals surface area contributed by atoms with Gasteiger partial charge >= 0.3 is 0 Å². The molecule has 0 fully saturated rings. The quantitative estimate of drug-likeness (QED) is 0.640. The van der Waals surface area contributed by atoms with Crippen LogP contribution in [0, 0.1) is 12.3 Å². The summed E-state index contributed by atoms with van der Waals surface area (Å²) in [6, 6.07) is 11.3. The van der Waals surface area contributed by atoms with Crippen molar-refractivity contribution in [2.24, 2.45) is 5.73 Å². The topological polar surface area (TPSA) is 68.3 Å². The molecule has 5 heteroatoms. The zero-order valence-corrected chi connectivity index (χ0v) is 13.5. The molecule has 2 aromatic carbocycles. The number of benzene rings is 2. The molecule has 0 amide bonds. The number of nitrogens with one attached hydrogen (secondary N) is 1. The Bertz CT molecular complexity index is 671. The van der Waals surface area contributed by atoms with Gasteiger partial charge in [0, 0.05) is 11.1 Å². The Morgan fingerprint density at radius 3 is 2.52 bits per heavy atom. The standard InChI is InChI=1S/C16H17BrN2O2/c1-10-3-5-15(13(17)7-10)21-9-12-8-11(16(18)19)4-6-14(12)20-2/h3-8H,9H2,1-2H3,(H3,18,19). The first-order valence-corrected chi connectivity index (χ1v) is 7.21. The van der Waals surface area contributed by atoms with E-state index in [9.17, 15) is 0 Å². The Hall–Kier alpha value is -2.01. The molecular weight excluding hydrogens is 332 g/mol. The van der Waals surface area contributed by atoms with Crippen LogP contribution in [0.1, 0.15) is 16.7 Å². The minimum atomic E-state index is 0.0235. The molecule has 0 heterocycles. The van der Waals surface area contributed by atoms with Crippen LogP contribution in [0.3, 0.4) is 0 Å². The molecule has 2 aromatic rings. The number of hydrogen-bond donors (Lipinski definition) is 2. The van der Waals surface area contributed by atoms with Crippen molar-refractivity contribution in [1.82, 2.24) is 0 Å². The molecule has 2 rings (SSSR count). The van der Waals surface area contributed by atoms with Gasteiger partial charge in [0.1, 0.15) is 23.9 Å². The molecule has 0 unspecified atom stereocenters. The Morgan fingerprint density at radius 1 is 1.19 bits per heavy atom. The van der Waals surface area contributed by atoms with Crippen LogP contribution in [0.4, 0.5) is 0 Å². The number of aryl methyl sites for hydroxylation is 1. The average molecular weight is 349 g/mol. The van der Waals surface area contributed by atoms with E-state index in [-0.39, 0.29) is 5.84 Å². The van der Waals surface area contributed by atoms with Crippen molar-refractivity contribution in [3.05, 3.63) is 57.6 Å². The van der Waals surface area contributed by atoms with Gasteiger partial charge in [-0.25, -0.2) is 0 Å². The molecular formula is C16H17BrN2O2. The minimum Gasteiger partial charge on any atom is -0.496 e. The van der Waals surface area contributed by atoms with E-state index in [2.05, 4.69) is 15.9 Å². The second-order valence-electron chi connectivity index (χ2n) is 4.66. The molecule has 0 saturated heterocycles. The molecule has 0 saturated carbocycles. The normalized spacial score (nSPS) is 10.2. The summed E-state index contributed by atoms with van der Waals surface area (Å²) in [4.78, 5) is 0. The summed E-state index contributed by atoms with van der Waals surface area (Å²) in [5, 5.41) is 7.50. The number of nitrogens with two attached hydrogens (primary N) is 1. The van der Waals surface area contributed by atoms with Crippen LogP contribution in [-0.4, -0.2) is 12.9 Å². The molecule has 0 aliphatic heterocycles. The average Bonchev–Trinajstić information content (AvgIpc) is 2.46. The maximum Gasteiger partial charge on any atom is 0.134 e. The highest BCUT2D eigenvalue weighted by atomic mass is 79.9. The number of amidine groups is 1. The number of methoxy groups -OCH3 is 1. The molecule has 0 aromatic heterocycles. The third-order valence-electron chi connectivity index (χ3n) is 3.06. The van der Waals surface area contributed by atoms with Crippen molar-refractivity contribution >= 4 is 21.8 Å².